The highest BCUT2D eigenvalue weighted by Crippen LogP contribution is 2.25. The van der Waals surface area contributed by atoms with E-state index in [2.05, 4.69) is 25.2 Å². The molecule has 0 fully saturated rings. The van der Waals surface area contributed by atoms with Gasteiger partial charge in [0.25, 0.3) is 0 Å². The van der Waals surface area contributed by atoms with E-state index in [0.29, 0.717) is 24.8 Å². The van der Waals surface area contributed by atoms with Crippen molar-refractivity contribution in [2.45, 2.75) is 25.5 Å². The summed E-state index contributed by atoms with van der Waals surface area (Å²) in [6, 6.07) is 15.9. The third-order valence-corrected chi connectivity index (χ3v) is 4.89. The Morgan fingerprint density at radius 1 is 1.12 bits per heavy atom. The van der Waals surface area contributed by atoms with E-state index in [9.17, 15) is 4.79 Å². The molecule has 0 unspecified atom stereocenters. The van der Waals surface area contributed by atoms with E-state index in [0.717, 1.165) is 17.3 Å². The lowest BCUT2D eigenvalue weighted by molar-refractivity contribution is -0.118. The minimum atomic E-state index is 0.0317. The van der Waals surface area contributed by atoms with Crippen molar-refractivity contribution >= 4 is 17.7 Å². The molecule has 2 aromatic carbocycles. The first kappa shape index (κ1) is 20.2. The Labute approximate surface area is 160 Å². The van der Waals surface area contributed by atoms with Crippen molar-refractivity contribution in [2.24, 2.45) is 0 Å². The fraction of sp³-hybridized carbons (Fsp3) is 0.381. The van der Waals surface area contributed by atoms with E-state index in [-0.39, 0.29) is 5.91 Å². The lowest BCUT2D eigenvalue weighted by atomic mass is 10.0. The van der Waals surface area contributed by atoms with E-state index in [1.807, 2.05) is 42.5 Å². The molecule has 0 aliphatic carbocycles. The van der Waals surface area contributed by atoms with E-state index < -0.39 is 0 Å². The first-order valence-corrected chi connectivity index (χ1v) is 9.94. The second kappa shape index (κ2) is 10.8. The van der Waals surface area contributed by atoms with Gasteiger partial charge in [0.1, 0.15) is 18.1 Å². The van der Waals surface area contributed by atoms with Gasteiger partial charge in [0.15, 0.2) is 0 Å². The van der Waals surface area contributed by atoms with Crippen LogP contribution < -0.4 is 14.8 Å². The van der Waals surface area contributed by atoms with Crippen molar-refractivity contribution in [3.63, 3.8) is 0 Å². The average Bonchev–Trinajstić information content (AvgIpc) is 2.66. The van der Waals surface area contributed by atoms with Crippen LogP contribution in [-0.4, -0.2) is 31.9 Å². The molecule has 0 aliphatic heterocycles. The zero-order valence-corrected chi connectivity index (χ0v) is 16.5. The number of nitrogens with one attached hydrogen (secondary N) is 1. The number of para-hydroxylation sites is 1. The van der Waals surface area contributed by atoms with E-state index in [4.69, 9.17) is 9.47 Å². The van der Waals surface area contributed by atoms with Gasteiger partial charge in [0, 0.05) is 5.75 Å². The molecule has 0 aliphatic rings. The summed E-state index contributed by atoms with van der Waals surface area (Å²) in [6.07, 6.45) is 0. The maximum atomic E-state index is 11.9. The topological polar surface area (TPSA) is 47.6 Å². The number of carbonyl (C=O) groups is 1. The molecule has 0 saturated heterocycles. The molecular formula is C21H27NO3S. The van der Waals surface area contributed by atoms with Crippen molar-refractivity contribution in [3.8, 4) is 11.5 Å². The van der Waals surface area contributed by atoms with Crippen LogP contribution in [0, 0.1) is 0 Å². The monoisotopic (exact) mass is 373 g/mol. The van der Waals surface area contributed by atoms with Crippen LogP contribution in [0.5, 0.6) is 11.5 Å². The number of carbonyl (C=O) groups excluding carboxylic acids is 1. The Kier molecular flexibility index (Phi) is 8.35. The van der Waals surface area contributed by atoms with Crippen LogP contribution in [0.1, 0.15) is 30.9 Å². The highest BCUT2D eigenvalue weighted by molar-refractivity contribution is 7.99. The van der Waals surface area contributed by atoms with Gasteiger partial charge in [0.2, 0.25) is 5.91 Å². The fourth-order valence-electron chi connectivity index (χ4n) is 2.47. The molecule has 2 rings (SSSR count). The van der Waals surface area contributed by atoms with Crippen molar-refractivity contribution in [1.29, 1.82) is 0 Å². The van der Waals surface area contributed by atoms with Gasteiger partial charge in [-0.15, -0.1) is 11.8 Å². The highest BCUT2D eigenvalue weighted by atomic mass is 32.2. The van der Waals surface area contributed by atoms with Gasteiger partial charge in [-0.05, 0) is 35.2 Å². The van der Waals surface area contributed by atoms with Gasteiger partial charge in [0.05, 0.1) is 19.4 Å². The zero-order valence-electron chi connectivity index (χ0n) is 15.7. The maximum Gasteiger partial charge on any atom is 0.230 e. The molecular weight excluding hydrogens is 346 g/mol. The molecule has 140 valence electrons. The van der Waals surface area contributed by atoms with Crippen LogP contribution in [0.3, 0.4) is 0 Å². The Balaban J connectivity index is 1.63. The van der Waals surface area contributed by atoms with Crippen LogP contribution in [0.4, 0.5) is 0 Å². The number of thioether (sulfide) groups is 1. The van der Waals surface area contributed by atoms with Crippen LogP contribution in [0.15, 0.2) is 48.5 Å². The van der Waals surface area contributed by atoms with Crippen LogP contribution in [0.25, 0.3) is 0 Å². The normalized spacial score (nSPS) is 10.6. The quantitative estimate of drug-likeness (QED) is 0.633. The smallest absolute Gasteiger partial charge is 0.230 e. The van der Waals surface area contributed by atoms with E-state index >= 15 is 0 Å². The molecule has 1 amide bonds. The lowest BCUT2D eigenvalue weighted by Gasteiger charge is -2.14. The molecule has 0 radical (unpaired) electrons. The summed E-state index contributed by atoms with van der Waals surface area (Å²) in [5.74, 6) is 3.42. The van der Waals surface area contributed by atoms with E-state index in [1.54, 1.807) is 18.9 Å². The molecule has 0 bridgehead atoms. The first-order valence-electron chi connectivity index (χ1n) is 8.79. The molecule has 2 aromatic rings. The number of methoxy groups -OCH3 is 1. The molecule has 26 heavy (non-hydrogen) atoms. The predicted molar refractivity (Wildman–Crippen MR) is 108 cm³/mol. The summed E-state index contributed by atoms with van der Waals surface area (Å²) in [5, 5.41) is 2.90. The number of rotatable bonds is 10. The van der Waals surface area contributed by atoms with Crippen LogP contribution in [-0.2, 0) is 10.5 Å². The van der Waals surface area contributed by atoms with Crippen LogP contribution in [0.2, 0.25) is 0 Å². The minimum Gasteiger partial charge on any atom is -0.497 e. The van der Waals surface area contributed by atoms with Gasteiger partial charge < -0.3 is 14.8 Å². The van der Waals surface area contributed by atoms with Crippen molar-refractivity contribution in [3.05, 3.63) is 59.7 Å². The molecule has 0 saturated carbocycles. The second-order valence-corrected chi connectivity index (χ2v) is 7.22. The molecule has 0 aromatic heterocycles. The minimum absolute atomic E-state index is 0.0317. The predicted octanol–water partition coefficient (Wildman–Crippen LogP) is 4.25. The number of hydrogen-bond acceptors (Lipinski definition) is 4. The summed E-state index contributed by atoms with van der Waals surface area (Å²) in [4.78, 5) is 11.9. The molecule has 1 N–H and O–H groups in total. The molecule has 0 heterocycles. The number of amides is 1. The highest BCUT2D eigenvalue weighted by Gasteiger charge is 2.07. The van der Waals surface area contributed by atoms with Crippen molar-refractivity contribution in [1.82, 2.24) is 5.32 Å². The standard InChI is InChI=1S/C21H27NO3S/c1-16(2)19-6-4-5-7-20(19)25-13-12-22-21(23)15-26-14-17-8-10-18(24-3)11-9-17/h4-11,16H,12-15H2,1-3H3,(H,22,23). The number of benzene rings is 2. The Bertz CT molecular complexity index is 686. The summed E-state index contributed by atoms with van der Waals surface area (Å²) >= 11 is 1.60. The molecule has 0 spiro atoms. The zero-order chi connectivity index (χ0) is 18.8. The van der Waals surface area contributed by atoms with Gasteiger partial charge in [-0.3, -0.25) is 4.79 Å². The summed E-state index contributed by atoms with van der Waals surface area (Å²) in [7, 11) is 1.65. The van der Waals surface area contributed by atoms with Gasteiger partial charge in [-0.2, -0.15) is 0 Å². The Hall–Kier alpha value is -2.14. The SMILES string of the molecule is COc1ccc(CSCC(=O)NCCOc2ccccc2C(C)C)cc1. The third-order valence-electron chi connectivity index (χ3n) is 3.88. The van der Waals surface area contributed by atoms with Crippen molar-refractivity contribution in [2.75, 3.05) is 26.0 Å². The Morgan fingerprint density at radius 2 is 1.85 bits per heavy atom. The largest absolute Gasteiger partial charge is 0.497 e. The van der Waals surface area contributed by atoms with Gasteiger partial charge >= 0.3 is 0 Å². The number of ether oxygens (including phenoxy) is 2. The fourth-order valence-corrected chi connectivity index (χ4v) is 3.29. The first-order chi connectivity index (χ1) is 12.6. The maximum absolute atomic E-state index is 11.9. The van der Waals surface area contributed by atoms with E-state index in [1.165, 1.54) is 11.1 Å². The summed E-state index contributed by atoms with van der Waals surface area (Å²) in [5.41, 5.74) is 2.37. The van der Waals surface area contributed by atoms with Crippen molar-refractivity contribution < 1.29 is 14.3 Å². The third kappa shape index (κ3) is 6.64. The Morgan fingerprint density at radius 3 is 2.54 bits per heavy atom. The molecule has 0 atom stereocenters. The lowest BCUT2D eigenvalue weighted by Crippen LogP contribution is -2.29. The van der Waals surface area contributed by atoms with Crippen LogP contribution >= 0.6 is 11.8 Å². The summed E-state index contributed by atoms with van der Waals surface area (Å²) in [6.45, 7) is 5.26. The van der Waals surface area contributed by atoms with Gasteiger partial charge in [-0.1, -0.05) is 44.2 Å². The number of hydrogen-bond donors (Lipinski definition) is 1. The molecule has 4 nitrogen and oxygen atoms in total. The summed E-state index contributed by atoms with van der Waals surface area (Å²) < 4.78 is 10.9. The average molecular weight is 374 g/mol. The second-order valence-electron chi connectivity index (χ2n) is 6.23. The molecule has 5 heteroatoms. The van der Waals surface area contributed by atoms with Gasteiger partial charge in [-0.25, -0.2) is 0 Å².